The molecule has 0 aliphatic carbocycles. The molecule has 1 amide bonds. The van der Waals surface area contributed by atoms with Crippen LogP contribution in [0.4, 0.5) is 0 Å². The molecular weight excluding hydrogens is 130 g/mol. The van der Waals surface area contributed by atoms with Crippen LogP contribution < -0.4 is 5.32 Å². The molecule has 1 saturated heterocycles. The number of hydrogen-bond donors (Lipinski definition) is 1. The van der Waals surface area contributed by atoms with Crippen LogP contribution in [0.1, 0.15) is 18.0 Å². The van der Waals surface area contributed by atoms with Crippen molar-refractivity contribution >= 4 is 5.91 Å². The molecule has 0 aromatic carbocycles. The Hall–Kier alpha value is -1.25. The summed E-state index contributed by atoms with van der Waals surface area (Å²) < 4.78 is 4.86. The first-order valence-corrected chi connectivity index (χ1v) is 3.18. The number of hydrogen-bond acceptors (Lipinski definition) is 2. The van der Waals surface area contributed by atoms with Gasteiger partial charge in [0.2, 0.25) is 5.91 Å². The standard InChI is InChI=1S/C7H7NO2/c9-7-3-6(8-7)5-1-2-10-4-5/h1-2,4,6H,3H2,(H,8,9). The van der Waals surface area contributed by atoms with Gasteiger partial charge in [0.1, 0.15) is 0 Å². The second kappa shape index (κ2) is 1.87. The van der Waals surface area contributed by atoms with Crippen molar-refractivity contribution < 1.29 is 9.21 Å². The van der Waals surface area contributed by atoms with E-state index in [-0.39, 0.29) is 11.9 Å². The van der Waals surface area contributed by atoms with Gasteiger partial charge in [-0.3, -0.25) is 4.79 Å². The van der Waals surface area contributed by atoms with Crippen molar-refractivity contribution in [2.75, 3.05) is 0 Å². The van der Waals surface area contributed by atoms with Crippen molar-refractivity contribution in [3.8, 4) is 0 Å². The summed E-state index contributed by atoms with van der Waals surface area (Å²) in [5.74, 6) is 0.117. The highest BCUT2D eigenvalue weighted by Crippen LogP contribution is 2.23. The SMILES string of the molecule is O=C1CC(c2ccoc2)N1. The molecule has 1 N–H and O–H groups in total. The third-order valence-electron chi connectivity index (χ3n) is 1.67. The molecule has 2 heterocycles. The lowest BCUT2D eigenvalue weighted by Gasteiger charge is -2.25. The number of rotatable bonds is 1. The van der Waals surface area contributed by atoms with Gasteiger partial charge in [-0.1, -0.05) is 0 Å². The Morgan fingerprint density at radius 1 is 1.70 bits per heavy atom. The first-order valence-electron chi connectivity index (χ1n) is 3.18. The van der Waals surface area contributed by atoms with Crippen molar-refractivity contribution in [2.45, 2.75) is 12.5 Å². The van der Waals surface area contributed by atoms with Crippen LogP contribution in [0.2, 0.25) is 0 Å². The number of carbonyl (C=O) groups is 1. The van der Waals surface area contributed by atoms with E-state index in [1.807, 2.05) is 6.07 Å². The Balaban J connectivity index is 2.10. The van der Waals surface area contributed by atoms with Gasteiger partial charge in [0, 0.05) is 5.56 Å². The maximum atomic E-state index is 10.5. The van der Waals surface area contributed by atoms with Crippen molar-refractivity contribution in [1.29, 1.82) is 0 Å². The van der Waals surface area contributed by atoms with E-state index < -0.39 is 0 Å². The molecule has 3 heteroatoms. The van der Waals surface area contributed by atoms with E-state index in [0.717, 1.165) is 5.56 Å². The van der Waals surface area contributed by atoms with E-state index in [2.05, 4.69) is 5.32 Å². The van der Waals surface area contributed by atoms with E-state index in [1.54, 1.807) is 12.5 Å². The molecule has 52 valence electrons. The van der Waals surface area contributed by atoms with E-state index >= 15 is 0 Å². The molecule has 1 aliphatic heterocycles. The zero-order chi connectivity index (χ0) is 6.97. The highest BCUT2D eigenvalue weighted by molar-refractivity contribution is 5.83. The van der Waals surface area contributed by atoms with E-state index in [1.165, 1.54) is 0 Å². The van der Waals surface area contributed by atoms with Gasteiger partial charge in [0.25, 0.3) is 0 Å². The number of carbonyl (C=O) groups excluding carboxylic acids is 1. The molecule has 2 rings (SSSR count). The van der Waals surface area contributed by atoms with Crippen LogP contribution in [-0.4, -0.2) is 5.91 Å². The first-order chi connectivity index (χ1) is 4.86. The van der Waals surface area contributed by atoms with Gasteiger partial charge in [0.15, 0.2) is 0 Å². The van der Waals surface area contributed by atoms with Gasteiger partial charge in [-0.15, -0.1) is 0 Å². The predicted molar refractivity (Wildman–Crippen MR) is 34.2 cm³/mol. The largest absolute Gasteiger partial charge is 0.472 e. The van der Waals surface area contributed by atoms with Crippen molar-refractivity contribution in [1.82, 2.24) is 5.32 Å². The lowest BCUT2D eigenvalue weighted by molar-refractivity contribution is -0.128. The van der Waals surface area contributed by atoms with Crippen molar-refractivity contribution in [3.63, 3.8) is 0 Å². The lowest BCUT2D eigenvalue weighted by atomic mass is 10.0. The number of nitrogens with one attached hydrogen (secondary N) is 1. The molecule has 0 radical (unpaired) electrons. The minimum absolute atomic E-state index is 0.117. The number of furan rings is 1. The monoisotopic (exact) mass is 137 g/mol. The normalized spacial score (nSPS) is 23.6. The molecule has 0 spiro atoms. The van der Waals surface area contributed by atoms with Crippen LogP contribution in [0.3, 0.4) is 0 Å². The molecule has 0 saturated carbocycles. The van der Waals surface area contributed by atoms with E-state index in [4.69, 9.17) is 4.42 Å². The zero-order valence-corrected chi connectivity index (χ0v) is 5.33. The predicted octanol–water partition coefficient (Wildman–Crippen LogP) is 0.841. The molecule has 10 heavy (non-hydrogen) atoms. The van der Waals surface area contributed by atoms with Crippen molar-refractivity contribution in [2.24, 2.45) is 0 Å². The summed E-state index contributed by atoms with van der Waals surface area (Å²) in [5.41, 5.74) is 1.06. The van der Waals surface area contributed by atoms with E-state index in [9.17, 15) is 4.79 Å². The topological polar surface area (TPSA) is 42.2 Å². The highest BCUT2D eigenvalue weighted by Gasteiger charge is 2.26. The fourth-order valence-corrected chi connectivity index (χ4v) is 1.03. The maximum Gasteiger partial charge on any atom is 0.222 e. The molecule has 0 bridgehead atoms. The molecule has 1 fully saturated rings. The van der Waals surface area contributed by atoms with Gasteiger partial charge in [-0.2, -0.15) is 0 Å². The quantitative estimate of drug-likeness (QED) is 0.583. The Bertz CT molecular complexity index is 232. The third kappa shape index (κ3) is 0.708. The minimum atomic E-state index is 0.117. The van der Waals surface area contributed by atoms with Gasteiger partial charge >= 0.3 is 0 Å². The van der Waals surface area contributed by atoms with Gasteiger partial charge < -0.3 is 9.73 Å². The summed E-state index contributed by atoms with van der Waals surface area (Å²) in [7, 11) is 0. The third-order valence-corrected chi connectivity index (χ3v) is 1.67. The maximum absolute atomic E-state index is 10.5. The minimum Gasteiger partial charge on any atom is -0.472 e. The van der Waals surface area contributed by atoms with E-state index in [0.29, 0.717) is 6.42 Å². The number of amides is 1. The summed E-state index contributed by atoms with van der Waals surface area (Å²) in [6.45, 7) is 0. The average molecular weight is 137 g/mol. The van der Waals surface area contributed by atoms with Gasteiger partial charge in [-0.05, 0) is 6.07 Å². The Morgan fingerprint density at radius 2 is 2.50 bits per heavy atom. The molecule has 1 aromatic heterocycles. The Morgan fingerprint density at radius 3 is 3.00 bits per heavy atom. The lowest BCUT2D eigenvalue weighted by Crippen LogP contribution is -2.41. The first kappa shape index (κ1) is 5.53. The fourth-order valence-electron chi connectivity index (χ4n) is 1.03. The summed E-state index contributed by atoms with van der Waals surface area (Å²) in [6, 6.07) is 2.07. The second-order valence-electron chi connectivity index (χ2n) is 2.38. The van der Waals surface area contributed by atoms with Crippen LogP contribution in [0.5, 0.6) is 0 Å². The summed E-state index contributed by atoms with van der Waals surface area (Å²) in [4.78, 5) is 10.5. The smallest absolute Gasteiger partial charge is 0.222 e. The molecular formula is C7H7NO2. The van der Waals surface area contributed by atoms with Crippen LogP contribution >= 0.6 is 0 Å². The summed E-state index contributed by atoms with van der Waals surface area (Å²) in [5, 5.41) is 2.75. The molecule has 1 aromatic rings. The fraction of sp³-hybridized carbons (Fsp3) is 0.286. The van der Waals surface area contributed by atoms with Crippen LogP contribution in [0.15, 0.2) is 23.0 Å². The molecule has 1 atom stereocenters. The highest BCUT2D eigenvalue weighted by atomic mass is 16.3. The van der Waals surface area contributed by atoms with Gasteiger partial charge in [0.05, 0.1) is 25.0 Å². The molecule has 1 aliphatic rings. The Kier molecular flexibility index (Phi) is 1.03. The van der Waals surface area contributed by atoms with Crippen LogP contribution in [0.25, 0.3) is 0 Å². The number of β-lactam (4-membered cyclic amide) rings is 1. The molecule has 3 nitrogen and oxygen atoms in total. The second-order valence-corrected chi connectivity index (χ2v) is 2.38. The molecule has 1 unspecified atom stereocenters. The summed E-state index contributed by atoms with van der Waals surface area (Å²) >= 11 is 0. The average Bonchev–Trinajstić information content (AvgIpc) is 2.31. The zero-order valence-electron chi connectivity index (χ0n) is 5.33. The van der Waals surface area contributed by atoms with Crippen molar-refractivity contribution in [3.05, 3.63) is 24.2 Å². The summed E-state index contributed by atoms with van der Waals surface area (Å²) in [6.07, 6.45) is 3.86. The van der Waals surface area contributed by atoms with Gasteiger partial charge in [-0.25, -0.2) is 0 Å². The Labute approximate surface area is 58.0 Å². The van der Waals surface area contributed by atoms with Crippen LogP contribution in [-0.2, 0) is 4.79 Å². The van der Waals surface area contributed by atoms with Crippen LogP contribution in [0, 0.1) is 0 Å².